The van der Waals surface area contributed by atoms with Crippen LogP contribution in [0.4, 0.5) is 5.69 Å². The molecular formula is C20H16N2O2. The van der Waals surface area contributed by atoms with Crippen molar-refractivity contribution in [3.05, 3.63) is 65.2 Å². The summed E-state index contributed by atoms with van der Waals surface area (Å²) in [4.78, 5) is 12.2. The van der Waals surface area contributed by atoms with E-state index in [0.717, 1.165) is 11.1 Å². The van der Waals surface area contributed by atoms with Crippen LogP contribution in [-0.2, 0) is 4.79 Å². The van der Waals surface area contributed by atoms with E-state index in [0.29, 0.717) is 11.4 Å². The van der Waals surface area contributed by atoms with E-state index in [1.165, 1.54) is 6.08 Å². The Kier molecular flexibility index (Phi) is 5.77. The number of aryl methyl sites for hydroxylation is 1. The predicted molar refractivity (Wildman–Crippen MR) is 94.2 cm³/mol. The van der Waals surface area contributed by atoms with Gasteiger partial charge < -0.3 is 10.1 Å². The van der Waals surface area contributed by atoms with E-state index in [1.54, 1.807) is 30.3 Å². The molecule has 0 atom stereocenters. The average molecular weight is 316 g/mol. The van der Waals surface area contributed by atoms with Crippen LogP contribution in [0.15, 0.2) is 54.1 Å². The third-order valence-corrected chi connectivity index (χ3v) is 3.15. The zero-order valence-electron chi connectivity index (χ0n) is 13.2. The summed E-state index contributed by atoms with van der Waals surface area (Å²) >= 11 is 0. The molecule has 0 bridgehead atoms. The zero-order valence-corrected chi connectivity index (χ0v) is 13.2. The number of ether oxygens (including phenoxy) is 1. The van der Waals surface area contributed by atoms with E-state index in [-0.39, 0.29) is 12.2 Å². The van der Waals surface area contributed by atoms with Gasteiger partial charge in [0.2, 0.25) is 0 Å². The molecule has 0 aromatic heterocycles. The molecule has 2 aromatic carbocycles. The second-order valence-electron chi connectivity index (χ2n) is 5.06. The Morgan fingerprint density at radius 3 is 2.67 bits per heavy atom. The second-order valence-corrected chi connectivity index (χ2v) is 5.06. The molecule has 118 valence electrons. The minimum atomic E-state index is -0.448. The van der Waals surface area contributed by atoms with Crippen LogP contribution in [-0.4, -0.2) is 12.5 Å². The first kappa shape index (κ1) is 16.9. The molecule has 0 aliphatic rings. The van der Waals surface area contributed by atoms with Gasteiger partial charge in [-0.1, -0.05) is 30.2 Å². The van der Waals surface area contributed by atoms with Crippen LogP contribution in [0.1, 0.15) is 11.1 Å². The normalized spacial score (nSPS) is 10.4. The highest BCUT2D eigenvalue weighted by Gasteiger charge is 2.09. The molecule has 0 heterocycles. The van der Waals surface area contributed by atoms with Crippen molar-refractivity contribution in [3.63, 3.8) is 0 Å². The molecule has 4 nitrogen and oxygen atoms in total. The highest BCUT2D eigenvalue weighted by molar-refractivity contribution is 6.09. The fourth-order valence-electron chi connectivity index (χ4n) is 2.02. The van der Waals surface area contributed by atoms with Crippen molar-refractivity contribution < 1.29 is 9.53 Å². The number of nitrogens with one attached hydrogen (secondary N) is 1. The number of nitrogens with zero attached hydrogens (tertiary/aromatic N) is 1. The predicted octanol–water partition coefficient (Wildman–Crippen LogP) is 3.55. The van der Waals surface area contributed by atoms with Crippen molar-refractivity contribution in [1.29, 1.82) is 5.26 Å². The summed E-state index contributed by atoms with van der Waals surface area (Å²) in [7, 11) is 0. The summed E-state index contributed by atoms with van der Waals surface area (Å²) in [6.45, 7) is 2.12. The van der Waals surface area contributed by atoms with Crippen LogP contribution >= 0.6 is 0 Å². The number of hydrogen-bond donors (Lipinski definition) is 1. The summed E-state index contributed by atoms with van der Waals surface area (Å²) in [5.74, 6) is 2.57. The Morgan fingerprint density at radius 2 is 2.04 bits per heavy atom. The molecule has 0 saturated heterocycles. The maximum absolute atomic E-state index is 12.2. The average Bonchev–Trinajstić information content (AvgIpc) is 2.58. The summed E-state index contributed by atoms with van der Waals surface area (Å²) in [5, 5.41) is 12.0. The molecule has 1 N–H and O–H groups in total. The van der Waals surface area contributed by atoms with Gasteiger partial charge in [0, 0.05) is 5.69 Å². The fourth-order valence-corrected chi connectivity index (χ4v) is 2.02. The highest BCUT2D eigenvalue weighted by Crippen LogP contribution is 2.16. The maximum atomic E-state index is 12.2. The molecule has 4 heteroatoms. The molecule has 0 unspecified atom stereocenters. The van der Waals surface area contributed by atoms with Gasteiger partial charge in [-0.3, -0.25) is 4.79 Å². The van der Waals surface area contributed by atoms with Gasteiger partial charge in [0.05, 0.1) is 0 Å². The molecule has 2 aromatic rings. The van der Waals surface area contributed by atoms with Crippen molar-refractivity contribution in [2.24, 2.45) is 0 Å². The largest absolute Gasteiger partial charge is 0.481 e. The van der Waals surface area contributed by atoms with Gasteiger partial charge in [-0.25, -0.2) is 0 Å². The van der Waals surface area contributed by atoms with Crippen LogP contribution in [0, 0.1) is 30.6 Å². The third-order valence-electron chi connectivity index (χ3n) is 3.15. The van der Waals surface area contributed by atoms with Crippen molar-refractivity contribution in [2.45, 2.75) is 6.92 Å². The number of amides is 1. The molecule has 0 aliphatic heterocycles. The number of nitriles is 1. The maximum Gasteiger partial charge on any atom is 0.266 e. The van der Waals surface area contributed by atoms with Crippen LogP contribution in [0.25, 0.3) is 6.08 Å². The Labute approximate surface area is 141 Å². The number of carbonyl (C=O) groups is 1. The Morgan fingerprint density at radius 1 is 1.29 bits per heavy atom. The molecule has 24 heavy (non-hydrogen) atoms. The van der Waals surface area contributed by atoms with E-state index in [4.69, 9.17) is 11.2 Å². The van der Waals surface area contributed by atoms with Crippen LogP contribution < -0.4 is 10.1 Å². The van der Waals surface area contributed by atoms with Crippen LogP contribution in [0.3, 0.4) is 0 Å². The monoisotopic (exact) mass is 316 g/mol. The number of rotatable bonds is 5. The Bertz CT molecular complexity index is 837. The SMILES string of the molecule is C#CCOc1ccc(/C=C(/C#N)C(=O)Nc2cccc(C)c2)cc1. The quantitative estimate of drug-likeness (QED) is 0.521. The van der Waals surface area contributed by atoms with Crippen LogP contribution in [0.2, 0.25) is 0 Å². The second kappa shape index (κ2) is 8.22. The van der Waals surface area contributed by atoms with E-state index in [2.05, 4.69) is 11.2 Å². The first-order chi connectivity index (χ1) is 11.6. The van der Waals surface area contributed by atoms with Gasteiger partial charge in [-0.15, -0.1) is 6.42 Å². The zero-order chi connectivity index (χ0) is 17.4. The molecule has 0 aliphatic carbocycles. The summed E-state index contributed by atoms with van der Waals surface area (Å²) in [6, 6.07) is 16.3. The lowest BCUT2D eigenvalue weighted by Crippen LogP contribution is -2.13. The summed E-state index contributed by atoms with van der Waals surface area (Å²) in [6.07, 6.45) is 6.65. The Balaban J connectivity index is 2.12. The minimum absolute atomic E-state index is 0.0220. The van der Waals surface area contributed by atoms with Gasteiger partial charge in [0.25, 0.3) is 5.91 Å². The Hall–Kier alpha value is -3.50. The van der Waals surface area contributed by atoms with Crippen molar-refractivity contribution >= 4 is 17.7 Å². The molecule has 2 rings (SSSR count). The molecule has 0 saturated carbocycles. The molecule has 0 spiro atoms. The van der Waals surface area contributed by atoms with E-state index in [1.807, 2.05) is 31.2 Å². The fraction of sp³-hybridized carbons (Fsp3) is 0.100. The topological polar surface area (TPSA) is 62.1 Å². The van der Waals surface area contributed by atoms with Gasteiger partial charge in [-0.2, -0.15) is 5.26 Å². The van der Waals surface area contributed by atoms with Gasteiger partial charge >= 0.3 is 0 Å². The highest BCUT2D eigenvalue weighted by atomic mass is 16.5. The van der Waals surface area contributed by atoms with Gasteiger partial charge in [-0.05, 0) is 48.4 Å². The molecular weight excluding hydrogens is 300 g/mol. The van der Waals surface area contributed by atoms with Gasteiger partial charge in [0.15, 0.2) is 0 Å². The summed E-state index contributed by atoms with van der Waals surface area (Å²) < 4.78 is 5.28. The van der Waals surface area contributed by atoms with E-state index < -0.39 is 5.91 Å². The lowest BCUT2D eigenvalue weighted by molar-refractivity contribution is -0.112. The van der Waals surface area contributed by atoms with E-state index in [9.17, 15) is 10.1 Å². The van der Waals surface area contributed by atoms with Gasteiger partial charge in [0.1, 0.15) is 24.0 Å². The lowest BCUT2D eigenvalue weighted by Gasteiger charge is -2.05. The molecule has 0 radical (unpaired) electrons. The lowest BCUT2D eigenvalue weighted by atomic mass is 10.1. The standard InChI is InChI=1S/C20H16N2O2/c1-3-11-24-19-9-7-16(8-10-19)13-17(14-21)20(23)22-18-6-4-5-15(2)12-18/h1,4-10,12-13H,11H2,2H3,(H,22,23)/b17-13-. The van der Waals surface area contributed by atoms with Crippen LogP contribution in [0.5, 0.6) is 5.75 Å². The third kappa shape index (κ3) is 4.76. The van der Waals surface area contributed by atoms with E-state index >= 15 is 0 Å². The molecule has 1 amide bonds. The first-order valence-electron chi connectivity index (χ1n) is 7.28. The van der Waals surface area contributed by atoms with Crippen molar-refractivity contribution in [1.82, 2.24) is 0 Å². The minimum Gasteiger partial charge on any atom is -0.481 e. The van der Waals surface area contributed by atoms with Crippen molar-refractivity contribution in [3.8, 4) is 24.2 Å². The first-order valence-corrected chi connectivity index (χ1v) is 7.28. The number of carbonyl (C=O) groups excluding carboxylic acids is 1. The summed E-state index contributed by atoms with van der Waals surface area (Å²) in [5.41, 5.74) is 2.42. The number of anilines is 1. The smallest absolute Gasteiger partial charge is 0.266 e. The van der Waals surface area contributed by atoms with Crippen molar-refractivity contribution in [2.75, 3.05) is 11.9 Å². The number of terminal acetylenes is 1. The molecule has 0 fully saturated rings. The number of benzene rings is 2. The number of hydrogen-bond acceptors (Lipinski definition) is 3.